The van der Waals surface area contributed by atoms with Crippen molar-refractivity contribution in [3.8, 4) is 0 Å². The number of ether oxygens (including phenoxy) is 1. The van der Waals surface area contributed by atoms with Crippen LogP contribution in [0.4, 0.5) is 5.69 Å². The van der Waals surface area contributed by atoms with E-state index in [2.05, 4.69) is 25.6 Å². The molecule has 1 saturated heterocycles. The van der Waals surface area contributed by atoms with Crippen molar-refractivity contribution < 1.29 is 9.53 Å². The van der Waals surface area contributed by atoms with Gasteiger partial charge in [0.05, 0.1) is 24.3 Å². The second-order valence-corrected chi connectivity index (χ2v) is 6.73. The topological polar surface area (TPSA) is 99.7 Å². The average molecular weight is 391 g/mol. The third-order valence-corrected chi connectivity index (χ3v) is 4.90. The number of aromatic nitrogens is 2. The lowest BCUT2D eigenvalue weighted by atomic mass is 10.1. The largest absolute Gasteiger partial charge is 0.378 e. The van der Waals surface area contributed by atoms with Crippen LogP contribution in [0.3, 0.4) is 0 Å². The summed E-state index contributed by atoms with van der Waals surface area (Å²) in [7, 11) is 0. The number of H-pyrrole nitrogens is 1. The molecule has 0 atom stereocenters. The van der Waals surface area contributed by atoms with Crippen molar-refractivity contribution in [2.45, 2.75) is 6.92 Å². The van der Waals surface area contributed by atoms with Gasteiger partial charge in [-0.3, -0.25) is 9.59 Å². The first-order valence-corrected chi connectivity index (χ1v) is 9.38. The predicted molar refractivity (Wildman–Crippen MR) is 112 cm³/mol. The zero-order valence-electron chi connectivity index (χ0n) is 16.0. The lowest BCUT2D eigenvalue weighted by Crippen LogP contribution is -2.36. The second-order valence-electron chi connectivity index (χ2n) is 6.73. The fraction of sp³-hybridized carbons (Fsp3) is 0.238. The molecule has 4 rings (SSSR count). The summed E-state index contributed by atoms with van der Waals surface area (Å²) in [6, 6.07) is 14.9. The van der Waals surface area contributed by atoms with Crippen LogP contribution in [0.25, 0.3) is 10.8 Å². The molecule has 8 nitrogen and oxygen atoms in total. The highest BCUT2D eigenvalue weighted by atomic mass is 16.5. The molecule has 3 aromatic rings. The molecular formula is C21H21N5O3. The number of nitrogens with one attached hydrogen (secondary N) is 2. The number of amides is 1. The Kier molecular flexibility index (Phi) is 5.35. The maximum atomic E-state index is 12.5. The van der Waals surface area contributed by atoms with Crippen LogP contribution in [0.5, 0.6) is 0 Å². The number of aromatic amines is 1. The Labute approximate surface area is 167 Å². The summed E-state index contributed by atoms with van der Waals surface area (Å²) in [6.07, 6.45) is 0. The number of hydrogen-bond donors (Lipinski definition) is 2. The summed E-state index contributed by atoms with van der Waals surface area (Å²) in [6.45, 7) is 5.05. The van der Waals surface area contributed by atoms with E-state index in [0.29, 0.717) is 16.5 Å². The summed E-state index contributed by atoms with van der Waals surface area (Å²) in [5.74, 6) is -0.485. The molecule has 29 heavy (non-hydrogen) atoms. The molecule has 148 valence electrons. The first kappa shape index (κ1) is 18.8. The molecule has 0 bridgehead atoms. The molecule has 8 heteroatoms. The second kappa shape index (κ2) is 8.24. The van der Waals surface area contributed by atoms with Crippen molar-refractivity contribution in [3.63, 3.8) is 0 Å². The molecule has 1 aliphatic rings. The Bertz CT molecular complexity index is 1120. The molecule has 1 aromatic heterocycles. The summed E-state index contributed by atoms with van der Waals surface area (Å²) >= 11 is 0. The Morgan fingerprint density at radius 3 is 2.52 bits per heavy atom. The quantitative estimate of drug-likeness (QED) is 0.523. The standard InChI is InChI=1S/C21H21N5O3/c1-14(15-6-8-16(9-7-15)26-10-12-29-13-11-26)22-25-21(28)19-17-4-2-3-5-18(17)20(27)24-23-19/h2-9H,10-13H2,1H3,(H,24,27)(H,25,28)/b22-14+. The minimum atomic E-state index is -0.485. The van der Waals surface area contributed by atoms with Gasteiger partial charge in [0, 0.05) is 24.2 Å². The lowest BCUT2D eigenvalue weighted by Gasteiger charge is -2.28. The molecule has 2 N–H and O–H groups in total. The number of fused-ring (bicyclic) bond motifs is 1. The van der Waals surface area contributed by atoms with Crippen LogP contribution in [-0.4, -0.2) is 48.1 Å². The van der Waals surface area contributed by atoms with E-state index in [0.717, 1.165) is 37.6 Å². The third-order valence-electron chi connectivity index (χ3n) is 4.90. The molecule has 2 heterocycles. The van der Waals surface area contributed by atoms with Gasteiger partial charge in [-0.2, -0.15) is 10.2 Å². The van der Waals surface area contributed by atoms with Gasteiger partial charge in [0.25, 0.3) is 11.5 Å². The summed E-state index contributed by atoms with van der Waals surface area (Å²) in [5.41, 5.74) is 5.02. The first-order chi connectivity index (χ1) is 14.1. The SMILES string of the molecule is C/C(=N\NC(=O)c1n[nH]c(=O)c2ccccc12)c1ccc(N2CCOCC2)cc1. The zero-order chi connectivity index (χ0) is 20.2. The molecule has 0 spiro atoms. The van der Waals surface area contributed by atoms with E-state index in [4.69, 9.17) is 4.74 Å². The normalized spacial score (nSPS) is 14.8. The minimum Gasteiger partial charge on any atom is -0.378 e. The highest BCUT2D eigenvalue weighted by molar-refractivity contribution is 6.06. The third kappa shape index (κ3) is 4.02. The van der Waals surface area contributed by atoms with Gasteiger partial charge in [0.15, 0.2) is 5.69 Å². The summed E-state index contributed by atoms with van der Waals surface area (Å²) < 4.78 is 5.38. The van der Waals surface area contributed by atoms with E-state index in [-0.39, 0.29) is 11.3 Å². The van der Waals surface area contributed by atoms with Crippen molar-refractivity contribution in [1.82, 2.24) is 15.6 Å². The number of benzene rings is 2. The van der Waals surface area contributed by atoms with Gasteiger partial charge < -0.3 is 9.64 Å². The van der Waals surface area contributed by atoms with Gasteiger partial charge in [0.2, 0.25) is 0 Å². The molecule has 0 saturated carbocycles. The molecule has 2 aromatic carbocycles. The van der Waals surface area contributed by atoms with E-state index >= 15 is 0 Å². The molecule has 1 fully saturated rings. The number of nitrogens with zero attached hydrogens (tertiary/aromatic N) is 3. The number of rotatable bonds is 4. The van der Waals surface area contributed by atoms with Gasteiger partial charge in [-0.15, -0.1) is 0 Å². The Morgan fingerprint density at radius 1 is 1.10 bits per heavy atom. The molecular weight excluding hydrogens is 370 g/mol. The maximum absolute atomic E-state index is 12.5. The maximum Gasteiger partial charge on any atom is 0.292 e. The molecule has 1 aliphatic heterocycles. The Balaban J connectivity index is 1.49. The monoisotopic (exact) mass is 391 g/mol. The van der Waals surface area contributed by atoms with E-state index in [9.17, 15) is 9.59 Å². The van der Waals surface area contributed by atoms with Crippen molar-refractivity contribution in [2.24, 2.45) is 5.10 Å². The molecule has 0 radical (unpaired) electrons. The van der Waals surface area contributed by atoms with Crippen LogP contribution < -0.4 is 15.9 Å². The number of hydrogen-bond acceptors (Lipinski definition) is 6. The molecule has 0 aliphatic carbocycles. The number of morpholine rings is 1. The first-order valence-electron chi connectivity index (χ1n) is 9.38. The Hall–Kier alpha value is -3.52. The lowest BCUT2D eigenvalue weighted by molar-refractivity contribution is 0.0950. The van der Waals surface area contributed by atoms with Gasteiger partial charge in [-0.25, -0.2) is 10.5 Å². The van der Waals surface area contributed by atoms with Crippen LogP contribution in [0.2, 0.25) is 0 Å². The van der Waals surface area contributed by atoms with Crippen LogP contribution in [0.1, 0.15) is 23.0 Å². The van der Waals surface area contributed by atoms with Crippen molar-refractivity contribution in [3.05, 3.63) is 70.1 Å². The van der Waals surface area contributed by atoms with E-state index in [1.807, 2.05) is 31.2 Å². The molecule has 1 amide bonds. The average Bonchev–Trinajstić information content (AvgIpc) is 2.78. The van der Waals surface area contributed by atoms with Crippen LogP contribution in [0.15, 0.2) is 58.4 Å². The van der Waals surface area contributed by atoms with Crippen molar-refractivity contribution >= 4 is 28.1 Å². The van der Waals surface area contributed by atoms with Crippen molar-refractivity contribution in [1.29, 1.82) is 0 Å². The predicted octanol–water partition coefficient (Wildman–Crippen LogP) is 1.91. The Morgan fingerprint density at radius 2 is 1.79 bits per heavy atom. The summed E-state index contributed by atoms with van der Waals surface area (Å²) in [5, 5.41) is 11.3. The number of carbonyl (C=O) groups excluding carboxylic acids is 1. The number of anilines is 1. The van der Waals surface area contributed by atoms with Crippen LogP contribution in [-0.2, 0) is 4.74 Å². The van der Waals surface area contributed by atoms with E-state index in [1.165, 1.54) is 0 Å². The van der Waals surface area contributed by atoms with Gasteiger partial charge in [-0.05, 0) is 30.7 Å². The number of carbonyl (C=O) groups is 1. The highest BCUT2D eigenvalue weighted by Gasteiger charge is 2.14. The fourth-order valence-corrected chi connectivity index (χ4v) is 3.27. The zero-order valence-corrected chi connectivity index (χ0v) is 16.0. The van der Waals surface area contributed by atoms with Crippen LogP contribution in [0, 0.1) is 0 Å². The van der Waals surface area contributed by atoms with E-state index in [1.54, 1.807) is 24.3 Å². The summed E-state index contributed by atoms with van der Waals surface area (Å²) in [4.78, 5) is 26.7. The fourth-order valence-electron chi connectivity index (χ4n) is 3.27. The van der Waals surface area contributed by atoms with E-state index < -0.39 is 5.91 Å². The molecule has 0 unspecified atom stereocenters. The minimum absolute atomic E-state index is 0.124. The highest BCUT2D eigenvalue weighted by Crippen LogP contribution is 2.17. The van der Waals surface area contributed by atoms with Crippen molar-refractivity contribution in [2.75, 3.05) is 31.2 Å². The van der Waals surface area contributed by atoms with Gasteiger partial charge in [-0.1, -0.05) is 30.3 Å². The van der Waals surface area contributed by atoms with Crippen LogP contribution >= 0.6 is 0 Å². The smallest absolute Gasteiger partial charge is 0.292 e. The van der Waals surface area contributed by atoms with Gasteiger partial charge in [0.1, 0.15) is 0 Å². The number of hydrazone groups is 1. The van der Waals surface area contributed by atoms with Gasteiger partial charge >= 0.3 is 0 Å².